The molecule has 1 aliphatic heterocycles. The van der Waals surface area contributed by atoms with E-state index in [-0.39, 0.29) is 50.8 Å². The van der Waals surface area contributed by atoms with Crippen molar-refractivity contribution in [1.82, 2.24) is 9.78 Å². The maximum absolute atomic E-state index is 13.9. The lowest BCUT2D eigenvalue weighted by atomic mass is 9.71. The van der Waals surface area contributed by atoms with Crippen LogP contribution in [-0.2, 0) is 5.41 Å². The number of aryl methyl sites for hydroxylation is 1. The maximum Gasteiger partial charge on any atom is 0.337 e. The fraction of sp³-hybridized carbons (Fsp3) is 0.200. The van der Waals surface area contributed by atoms with Crippen molar-refractivity contribution < 1.29 is 34.4 Å². The molecule has 0 bridgehead atoms. The molecule has 0 unspecified atom stereocenters. The summed E-state index contributed by atoms with van der Waals surface area (Å²) < 4.78 is 7.34. The highest BCUT2D eigenvalue weighted by Crippen LogP contribution is 2.58. The Balaban J connectivity index is 1.81. The zero-order valence-electron chi connectivity index (χ0n) is 18.8. The summed E-state index contributed by atoms with van der Waals surface area (Å²) in [5, 5.41) is 35.5. The predicted octanol–water partition coefficient (Wildman–Crippen LogP) is 3.69. The van der Waals surface area contributed by atoms with Gasteiger partial charge in [-0.25, -0.2) is 9.48 Å². The highest BCUT2D eigenvalue weighted by atomic mass is 16.5. The average Bonchev–Trinajstić information content (AvgIpc) is 3.27. The van der Waals surface area contributed by atoms with Gasteiger partial charge in [0.05, 0.1) is 33.8 Å². The molecule has 172 valence electrons. The highest BCUT2D eigenvalue weighted by Gasteiger charge is 2.55. The van der Waals surface area contributed by atoms with Gasteiger partial charge in [-0.2, -0.15) is 5.10 Å². The van der Waals surface area contributed by atoms with Crippen molar-refractivity contribution >= 4 is 23.6 Å². The van der Waals surface area contributed by atoms with Crippen LogP contribution in [0.5, 0.6) is 17.2 Å². The van der Waals surface area contributed by atoms with E-state index < -0.39 is 28.7 Å². The molecule has 0 spiro atoms. The summed E-state index contributed by atoms with van der Waals surface area (Å²) in [5.74, 6) is -2.73. The Morgan fingerprint density at radius 3 is 2.44 bits per heavy atom. The largest absolute Gasteiger partial charge is 0.507 e. The molecule has 9 heteroatoms. The van der Waals surface area contributed by atoms with E-state index in [2.05, 4.69) is 5.10 Å². The third kappa shape index (κ3) is 2.49. The number of hydrogen-bond donors (Lipinski definition) is 3. The van der Waals surface area contributed by atoms with Crippen molar-refractivity contribution in [2.45, 2.75) is 33.1 Å². The van der Waals surface area contributed by atoms with Gasteiger partial charge in [-0.1, -0.05) is 12.1 Å². The minimum absolute atomic E-state index is 0.000307. The maximum atomic E-state index is 13.9. The Morgan fingerprint density at radius 2 is 1.79 bits per heavy atom. The first-order valence-corrected chi connectivity index (χ1v) is 10.5. The number of aromatic nitrogens is 2. The van der Waals surface area contributed by atoms with Gasteiger partial charge in [-0.05, 0) is 39.8 Å². The normalized spacial score (nSPS) is 18.0. The second-order valence-corrected chi connectivity index (χ2v) is 8.60. The molecule has 0 amide bonds. The molecule has 1 aromatic heterocycles. The Labute approximate surface area is 193 Å². The minimum Gasteiger partial charge on any atom is -0.507 e. The number of carboxylic acid groups (broad SMARTS) is 1. The van der Waals surface area contributed by atoms with Crippen LogP contribution in [0.15, 0.2) is 30.0 Å². The molecule has 1 aliphatic carbocycles. The predicted molar refractivity (Wildman–Crippen MR) is 120 cm³/mol. The van der Waals surface area contributed by atoms with Crippen LogP contribution in [0, 0.1) is 13.8 Å². The van der Waals surface area contributed by atoms with Gasteiger partial charge in [0.1, 0.15) is 34.0 Å². The molecule has 5 rings (SSSR count). The number of aromatic carboxylic acids is 1. The van der Waals surface area contributed by atoms with E-state index in [1.165, 1.54) is 24.6 Å². The summed E-state index contributed by atoms with van der Waals surface area (Å²) >= 11 is 0. The number of benzene rings is 2. The number of hydrogen-bond acceptors (Lipinski definition) is 7. The van der Waals surface area contributed by atoms with Crippen LogP contribution in [0.25, 0.3) is 11.8 Å². The summed E-state index contributed by atoms with van der Waals surface area (Å²) in [6, 6.07) is 6.28. The van der Waals surface area contributed by atoms with E-state index in [0.29, 0.717) is 11.4 Å². The molecule has 2 aliphatic rings. The topological polar surface area (TPSA) is 139 Å². The molecule has 0 fully saturated rings. The number of fused-ring (bicyclic) bond motifs is 4. The summed E-state index contributed by atoms with van der Waals surface area (Å²) in [6.45, 7) is 5.93. The quantitative estimate of drug-likeness (QED) is 0.503. The number of phenolic OH excluding ortho intramolecular Hbond substituents is 2. The number of ether oxygens (including phenoxy) is 1. The van der Waals surface area contributed by atoms with Gasteiger partial charge < -0.3 is 20.1 Å². The fourth-order valence-electron chi connectivity index (χ4n) is 4.81. The van der Waals surface area contributed by atoms with Gasteiger partial charge >= 0.3 is 5.97 Å². The molecule has 0 saturated carbocycles. The standard InChI is InChI=1S/C25H20N2O7/c1-10-20(29)18(12(3)28)22-19(21(10)30)25(4)16(34-22)9-15-17(23(25)31)11(2)26-27(15)14-8-6-5-7-13(14)24(32)33/h5-9,29-30H,1-4H3,(H,32,33)/t25-/m0/s1. The van der Waals surface area contributed by atoms with Crippen LogP contribution in [0.2, 0.25) is 0 Å². The van der Waals surface area contributed by atoms with Crippen molar-refractivity contribution in [3.05, 3.63) is 69.2 Å². The first-order chi connectivity index (χ1) is 16.0. The highest BCUT2D eigenvalue weighted by molar-refractivity contribution is 6.14. The second-order valence-electron chi connectivity index (χ2n) is 8.60. The van der Waals surface area contributed by atoms with Crippen LogP contribution < -0.4 is 4.74 Å². The SMILES string of the molecule is CC(=O)c1c(O)c(C)c(O)c2c1OC1=Cc3c(c(C)nn3-c3ccccc3C(=O)O)C(=O)[C@@]12C. The molecular formula is C25H20N2O7. The van der Waals surface area contributed by atoms with Crippen molar-refractivity contribution in [2.75, 3.05) is 0 Å². The van der Waals surface area contributed by atoms with Crippen LogP contribution >= 0.6 is 0 Å². The molecular weight excluding hydrogens is 440 g/mol. The zero-order valence-corrected chi connectivity index (χ0v) is 18.8. The van der Waals surface area contributed by atoms with Crippen LogP contribution in [0.4, 0.5) is 0 Å². The van der Waals surface area contributed by atoms with E-state index in [1.54, 1.807) is 38.1 Å². The molecule has 3 N–H and O–H groups in total. The molecule has 1 atom stereocenters. The van der Waals surface area contributed by atoms with Gasteiger partial charge in [0.25, 0.3) is 0 Å². The number of carboxylic acids is 1. The van der Waals surface area contributed by atoms with E-state index >= 15 is 0 Å². The molecule has 0 radical (unpaired) electrons. The van der Waals surface area contributed by atoms with Crippen LogP contribution in [0.3, 0.4) is 0 Å². The Morgan fingerprint density at radius 1 is 1.12 bits per heavy atom. The van der Waals surface area contributed by atoms with E-state index in [0.717, 1.165) is 0 Å². The number of nitrogens with zero attached hydrogens (tertiary/aromatic N) is 2. The number of rotatable bonds is 3. The number of aromatic hydroxyl groups is 2. The third-order valence-electron chi connectivity index (χ3n) is 6.60. The fourth-order valence-corrected chi connectivity index (χ4v) is 4.81. The van der Waals surface area contributed by atoms with Crippen molar-refractivity contribution in [3.63, 3.8) is 0 Å². The lowest BCUT2D eigenvalue weighted by Crippen LogP contribution is -2.36. The molecule has 34 heavy (non-hydrogen) atoms. The number of para-hydroxylation sites is 1. The smallest absolute Gasteiger partial charge is 0.337 e. The Bertz CT molecular complexity index is 1510. The first-order valence-electron chi connectivity index (χ1n) is 10.5. The summed E-state index contributed by atoms with van der Waals surface area (Å²) in [4.78, 5) is 38.1. The van der Waals surface area contributed by atoms with Gasteiger partial charge in [0.2, 0.25) is 0 Å². The van der Waals surface area contributed by atoms with Crippen molar-refractivity contribution in [1.29, 1.82) is 0 Å². The number of Topliss-reactive ketones (excluding diaryl/α,β-unsaturated/α-hetero) is 2. The Kier molecular flexibility index (Phi) is 4.29. The third-order valence-corrected chi connectivity index (χ3v) is 6.60. The lowest BCUT2D eigenvalue weighted by Gasteiger charge is -2.27. The van der Waals surface area contributed by atoms with Gasteiger partial charge in [-0.3, -0.25) is 9.59 Å². The average molecular weight is 460 g/mol. The molecule has 9 nitrogen and oxygen atoms in total. The molecule has 2 heterocycles. The van der Waals surface area contributed by atoms with E-state index in [1.807, 2.05) is 0 Å². The number of carbonyl (C=O) groups excluding carboxylic acids is 2. The number of allylic oxidation sites excluding steroid dienone is 1. The zero-order chi connectivity index (χ0) is 24.7. The van der Waals surface area contributed by atoms with Gasteiger partial charge in [0, 0.05) is 11.6 Å². The second kappa shape index (κ2) is 6.80. The summed E-state index contributed by atoms with van der Waals surface area (Å²) in [6.07, 6.45) is 1.56. The molecule has 3 aromatic rings. The van der Waals surface area contributed by atoms with E-state index in [4.69, 9.17) is 4.74 Å². The van der Waals surface area contributed by atoms with Crippen LogP contribution in [-0.4, -0.2) is 42.6 Å². The lowest BCUT2D eigenvalue weighted by molar-refractivity contribution is 0.0696. The molecule has 0 saturated heterocycles. The van der Waals surface area contributed by atoms with Gasteiger partial charge in [-0.15, -0.1) is 0 Å². The van der Waals surface area contributed by atoms with Gasteiger partial charge in [0.15, 0.2) is 11.6 Å². The first kappa shape index (κ1) is 21.4. The monoisotopic (exact) mass is 460 g/mol. The number of ketones is 2. The van der Waals surface area contributed by atoms with Crippen LogP contribution in [0.1, 0.15) is 67.4 Å². The summed E-state index contributed by atoms with van der Waals surface area (Å²) in [7, 11) is 0. The van der Waals surface area contributed by atoms with Crippen molar-refractivity contribution in [3.8, 4) is 22.9 Å². The summed E-state index contributed by atoms with van der Waals surface area (Å²) in [5.41, 5.74) is -0.216. The van der Waals surface area contributed by atoms with E-state index in [9.17, 15) is 29.7 Å². The molecule has 2 aromatic carbocycles. The number of carbonyl (C=O) groups is 3. The van der Waals surface area contributed by atoms with Crippen molar-refractivity contribution in [2.24, 2.45) is 0 Å². The minimum atomic E-state index is -1.47. The number of phenols is 2. The Hall–Kier alpha value is -4.40.